The number of rotatable bonds is 10. The molecule has 0 heterocycles. The van der Waals surface area contributed by atoms with Gasteiger partial charge in [0.1, 0.15) is 0 Å². The monoisotopic (exact) mass is 442 g/mol. The van der Waals surface area contributed by atoms with Gasteiger partial charge in [-0.25, -0.2) is 0 Å². The first-order valence-electron chi connectivity index (χ1n) is 11.9. The lowest BCUT2D eigenvalue weighted by atomic mass is 9.71. The summed E-state index contributed by atoms with van der Waals surface area (Å²) >= 11 is 0. The number of carbonyl (C=O) groups excluding carboxylic acids is 2. The topological polar surface area (TPSA) is 59.1 Å². The van der Waals surface area contributed by atoms with Crippen molar-refractivity contribution in [2.45, 2.75) is 64.2 Å². The molecule has 0 spiro atoms. The van der Waals surface area contributed by atoms with Crippen LogP contribution in [0.5, 0.6) is 5.75 Å². The van der Waals surface area contributed by atoms with Gasteiger partial charge in [-0.1, -0.05) is 37.0 Å². The smallest absolute Gasteiger partial charge is 0.306 e. The van der Waals surface area contributed by atoms with Crippen molar-refractivity contribution in [3.05, 3.63) is 35.4 Å². The van der Waals surface area contributed by atoms with Gasteiger partial charge in [0.15, 0.2) is 5.75 Å². The van der Waals surface area contributed by atoms with Crippen molar-refractivity contribution in [1.82, 2.24) is 9.96 Å². The Hall–Kier alpha value is -2.34. The van der Waals surface area contributed by atoms with Crippen molar-refractivity contribution in [2.24, 2.45) is 5.41 Å². The zero-order chi connectivity index (χ0) is 23.0. The van der Waals surface area contributed by atoms with E-state index in [1.165, 1.54) is 41.7 Å². The second-order valence-corrected chi connectivity index (χ2v) is 9.64. The molecule has 2 aliphatic rings. The summed E-state index contributed by atoms with van der Waals surface area (Å²) in [6.45, 7) is 1.36. The van der Waals surface area contributed by atoms with E-state index in [9.17, 15) is 9.59 Å². The molecule has 0 bridgehead atoms. The molecule has 1 fully saturated rings. The van der Waals surface area contributed by atoms with Gasteiger partial charge in [-0.2, -0.15) is 5.06 Å². The van der Waals surface area contributed by atoms with E-state index in [0.717, 1.165) is 57.9 Å². The zero-order valence-corrected chi connectivity index (χ0v) is 19.9. The van der Waals surface area contributed by atoms with Crippen LogP contribution in [0.3, 0.4) is 0 Å². The van der Waals surface area contributed by atoms with Crippen LogP contribution >= 0.6 is 0 Å². The van der Waals surface area contributed by atoms with Crippen molar-refractivity contribution in [1.29, 1.82) is 0 Å². The minimum atomic E-state index is -0.283. The molecule has 0 saturated heterocycles. The van der Waals surface area contributed by atoms with Crippen LogP contribution in [0, 0.1) is 5.41 Å². The number of nitrogens with zero attached hydrogens (tertiary/aromatic N) is 2. The molecule has 6 heteroatoms. The summed E-state index contributed by atoms with van der Waals surface area (Å²) in [7, 11) is 5.63. The Morgan fingerprint density at radius 1 is 1.09 bits per heavy atom. The van der Waals surface area contributed by atoms with E-state index >= 15 is 0 Å². The molecule has 0 N–H and O–H groups in total. The molecule has 2 aliphatic carbocycles. The number of benzene rings is 1. The van der Waals surface area contributed by atoms with Gasteiger partial charge >= 0.3 is 5.97 Å². The largest absolute Gasteiger partial charge is 0.469 e. The fourth-order valence-corrected chi connectivity index (χ4v) is 5.24. The number of esters is 1. The zero-order valence-electron chi connectivity index (χ0n) is 19.9. The Morgan fingerprint density at radius 3 is 2.53 bits per heavy atom. The Labute approximate surface area is 192 Å². The van der Waals surface area contributed by atoms with Crippen LogP contribution in [0.25, 0.3) is 5.57 Å². The number of hydrogen-bond acceptors (Lipinski definition) is 5. The highest BCUT2D eigenvalue weighted by Crippen LogP contribution is 2.40. The van der Waals surface area contributed by atoms with Gasteiger partial charge < -0.3 is 14.5 Å². The number of likely N-dealkylation sites (N-methyl/N-ethyl adjacent to an activating group) is 1. The summed E-state index contributed by atoms with van der Waals surface area (Å²) < 4.78 is 4.94. The van der Waals surface area contributed by atoms with E-state index in [1.54, 1.807) is 0 Å². The Balaban J connectivity index is 1.77. The van der Waals surface area contributed by atoms with Crippen molar-refractivity contribution >= 4 is 18.0 Å². The average molecular weight is 443 g/mol. The Morgan fingerprint density at radius 2 is 1.84 bits per heavy atom. The predicted octanol–water partition coefficient (Wildman–Crippen LogP) is 4.84. The van der Waals surface area contributed by atoms with Crippen molar-refractivity contribution in [3.8, 4) is 5.75 Å². The molecule has 0 radical (unpaired) electrons. The van der Waals surface area contributed by atoms with Gasteiger partial charge in [0.2, 0.25) is 6.41 Å². The first-order chi connectivity index (χ1) is 15.4. The van der Waals surface area contributed by atoms with E-state index in [0.29, 0.717) is 18.7 Å². The van der Waals surface area contributed by atoms with Crippen LogP contribution < -0.4 is 4.84 Å². The SMILES string of the molecule is COC(=O)CC1(CN(C=O)Oc2cccc(C3=C(CN(C)C)CCCC3)c2)CCCCC1. The van der Waals surface area contributed by atoms with E-state index in [4.69, 9.17) is 9.57 Å². The summed E-state index contributed by atoms with van der Waals surface area (Å²) in [6.07, 6.45) is 10.8. The molecule has 1 aromatic carbocycles. The lowest BCUT2D eigenvalue weighted by Crippen LogP contribution is -2.41. The Kier molecular flexibility index (Phi) is 8.74. The third-order valence-electron chi connectivity index (χ3n) is 6.76. The maximum absolute atomic E-state index is 12.1. The van der Waals surface area contributed by atoms with E-state index in [-0.39, 0.29) is 11.4 Å². The number of ether oxygens (including phenoxy) is 1. The minimum absolute atomic E-state index is 0.225. The molecule has 32 heavy (non-hydrogen) atoms. The van der Waals surface area contributed by atoms with Crippen molar-refractivity contribution in [3.63, 3.8) is 0 Å². The highest BCUT2D eigenvalue weighted by atomic mass is 16.7. The normalized spacial score (nSPS) is 18.4. The van der Waals surface area contributed by atoms with E-state index < -0.39 is 0 Å². The van der Waals surface area contributed by atoms with E-state index in [1.807, 2.05) is 18.2 Å². The maximum Gasteiger partial charge on any atom is 0.306 e. The second kappa shape index (κ2) is 11.5. The molecule has 0 unspecified atom stereocenters. The molecule has 1 amide bonds. The summed E-state index contributed by atoms with van der Waals surface area (Å²) in [5, 5.41) is 1.36. The molecule has 3 rings (SSSR count). The van der Waals surface area contributed by atoms with Crippen LogP contribution in [0.15, 0.2) is 29.8 Å². The molecule has 0 aromatic heterocycles. The predicted molar refractivity (Wildman–Crippen MR) is 126 cm³/mol. The number of hydrogen-bond donors (Lipinski definition) is 0. The van der Waals surface area contributed by atoms with Gasteiger partial charge in [0.05, 0.1) is 20.1 Å². The standard InChI is InChI=1S/C26H38N2O4/c1-27(2)18-22-10-5-6-13-24(22)21-11-9-12-23(16-21)32-28(20-29)19-26(17-25(30)31-3)14-7-4-8-15-26/h9,11-12,16,20H,4-8,10,13-15,17-19H2,1-3H3. The summed E-state index contributed by atoms with van der Waals surface area (Å²) in [6, 6.07) is 8.06. The number of allylic oxidation sites excluding steroid dienone is 1. The molecule has 1 saturated carbocycles. The van der Waals surface area contributed by atoms with Gasteiger partial charge in [-0.05, 0) is 75.9 Å². The van der Waals surface area contributed by atoms with Gasteiger partial charge in [-0.3, -0.25) is 9.59 Å². The maximum atomic E-state index is 12.1. The van der Waals surface area contributed by atoms with Gasteiger partial charge in [-0.15, -0.1) is 0 Å². The minimum Gasteiger partial charge on any atom is -0.469 e. The number of methoxy groups -OCH3 is 1. The van der Waals surface area contributed by atoms with Crippen molar-refractivity contribution < 1.29 is 19.2 Å². The molecule has 176 valence electrons. The summed E-state index contributed by atoms with van der Waals surface area (Å²) in [4.78, 5) is 32.2. The third kappa shape index (κ3) is 6.58. The molecular formula is C26H38N2O4. The van der Waals surface area contributed by atoms with Crippen LogP contribution in [-0.2, 0) is 14.3 Å². The van der Waals surface area contributed by atoms with Gasteiger partial charge in [0, 0.05) is 12.0 Å². The van der Waals surface area contributed by atoms with Crippen LogP contribution in [0.2, 0.25) is 0 Å². The lowest BCUT2D eigenvalue weighted by molar-refractivity contribution is -0.155. The Bertz CT molecular complexity index is 812. The summed E-state index contributed by atoms with van der Waals surface area (Å²) in [5.74, 6) is 0.429. The van der Waals surface area contributed by atoms with Crippen LogP contribution in [-0.4, -0.2) is 56.6 Å². The molecule has 0 aliphatic heterocycles. The van der Waals surface area contributed by atoms with E-state index in [2.05, 4.69) is 25.1 Å². The average Bonchev–Trinajstić information content (AvgIpc) is 2.79. The highest BCUT2D eigenvalue weighted by Gasteiger charge is 2.37. The fourth-order valence-electron chi connectivity index (χ4n) is 5.24. The molecule has 1 aromatic rings. The summed E-state index contributed by atoms with van der Waals surface area (Å²) in [5.41, 5.74) is 3.79. The number of hydroxylamine groups is 2. The number of carbonyl (C=O) groups is 2. The number of amides is 1. The third-order valence-corrected chi connectivity index (χ3v) is 6.76. The quantitative estimate of drug-likeness (QED) is 0.295. The molecular weight excluding hydrogens is 404 g/mol. The van der Waals surface area contributed by atoms with Gasteiger partial charge in [0.25, 0.3) is 0 Å². The van der Waals surface area contributed by atoms with Crippen LogP contribution in [0.1, 0.15) is 69.8 Å². The highest BCUT2D eigenvalue weighted by molar-refractivity contribution is 5.71. The first-order valence-corrected chi connectivity index (χ1v) is 11.9. The molecule has 0 atom stereocenters. The second-order valence-electron chi connectivity index (χ2n) is 9.64. The lowest BCUT2D eigenvalue weighted by Gasteiger charge is -2.38. The van der Waals surface area contributed by atoms with Crippen LogP contribution in [0.4, 0.5) is 0 Å². The van der Waals surface area contributed by atoms with Crippen molar-refractivity contribution in [2.75, 3.05) is 34.3 Å². The first kappa shape index (κ1) is 24.3. The fraction of sp³-hybridized carbons (Fsp3) is 0.615. The molecule has 6 nitrogen and oxygen atoms in total.